The standard InChI is InChI=1S/C21H12BrClN2O5S/c22-14-4-1-12(2-5-14)11-24-20(26)19(31-21(24)27)10-15-6-8-18(30-15)13-3-7-16(23)17(9-13)25(28)29/h1-10H,11H2/b19-10-. The minimum Gasteiger partial charge on any atom is -0.457 e. The lowest BCUT2D eigenvalue weighted by atomic mass is 10.1. The molecule has 10 heteroatoms. The number of nitro benzene ring substituents is 1. The summed E-state index contributed by atoms with van der Waals surface area (Å²) in [6.45, 7) is 0.174. The van der Waals surface area contributed by atoms with Crippen molar-refractivity contribution in [3.05, 3.63) is 90.4 Å². The Labute approximate surface area is 193 Å². The van der Waals surface area contributed by atoms with Crippen molar-refractivity contribution in [3.8, 4) is 11.3 Å². The van der Waals surface area contributed by atoms with Crippen LogP contribution in [0.25, 0.3) is 17.4 Å². The number of carbonyl (C=O) groups excluding carboxylic acids is 2. The number of hydrogen-bond acceptors (Lipinski definition) is 6. The quantitative estimate of drug-likeness (QED) is 0.217. The molecule has 0 unspecified atom stereocenters. The summed E-state index contributed by atoms with van der Waals surface area (Å²) in [5.74, 6) is 0.319. The van der Waals surface area contributed by atoms with Gasteiger partial charge in [0, 0.05) is 22.2 Å². The predicted molar refractivity (Wildman–Crippen MR) is 121 cm³/mol. The van der Waals surface area contributed by atoms with Gasteiger partial charge in [0.25, 0.3) is 16.8 Å². The molecular formula is C21H12BrClN2O5S. The van der Waals surface area contributed by atoms with E-state index < -0.39 is 10.8 Å². The van der Waals surface area contributed by atoms with E-state index in [-0.39, 0.29) is 27.4 Å². The summed E-state index contributed by atoms with van der Waals surface area (Å²) in [5, 5.41) is 10.8. The molecule has 1 aliphatic heterocycles. The minimum atomic E-state index is -0.572. The van der Waals surface area contributed by atoms with Gasteiger partial charge in [0.2, 0.25) is 0 Å². The molecule has 0 saturated carbocycles. The largest absolute Gasteiger partial charge is 0.457 e. The van der Waals surface area contributed by atoms with Crippen molar-refractivity contribution in [2.24, 2.45) is 0 Å². The van der Waals surface area contributed by atoms with E-state index in [0.717, 1.165) is 21.8 Å². The van der Waals surface area contributed by atoms with E-state index >= 15 is 0 Å². The SMILES string of the molecule is O=C1S/C(=C\c2ccc(-c3ccc(Cl)c([N+](=O)[O-])c3)o2)C(=O)N1Cc1ccc(Br)cc1. The van der Waals surface area contributed by atoms with Gasteiger partial charge in [-0.2, -0.15) is 0 Å². The van der Waals surface area contributed by atoms with Crippen LogP contribution in [0.5, 0.6) is 0 Å². The summed E-state index contributed by atoms with van der Waals surface area (Å²) in [7, 11) is 0. The first-order chi connectivity index (χ1) is 14.8. The number of nitro groups is 1. The molecule has 0 N–H and O–H groups in total. The number of rotatable bonds is 5. The molecule has 1 aromatic heterocycles. The normalized spacial score (nSPS) is 15.2. The molecule has 2 aromatic carbocycles. The first-order valence-corrected chi connectivity index (χ1v) is 10.8. The monoisotopic (exact) mass is 518 g/mol. The number of imide groups is 1. The van der Waals surface area contributed by atoms with E-state index in [9.17, 15) is 19.7 Å². The summed E-state index contributed by atoms with van der Waals surface area (Å²) < 4.78 is 6.62. The van der Waals surface area contributed by atoms with Crippen molar-refractivity contribution in [3.63, 3.8) is 0 Å². The first-order valence-electron chi connectivity index (χ1n) is 8.86. The van der Waals surface area contributed by atoms with E-state index in [0.29, 0.717) is 17.1 Å². The Bertz CT molecular complexity index is 1240. The predicted octanol–water partition coefficient (Wildman–Crippen LogP) is 6.51. The van der Waals surface area contributed by atoms with E-state index in [2.05, 4.69) is 15.9 Å². The summed E-state index contributed by atoms with van der Waals surface area (Å²) in [4.78, 5) is 37.0. The molecule has 0 aliphatic carbocycles. The van der Waals surface area contributed by atoms with Crippen LogP contribution in [0.2, 0.25) is 5.02 Å². The molecule has 1 aliphatic rings. The second-order valence-corrected chi connectivity index (χ2v) is 8.84. The molecule has 2 amide bonds. The Morgan fingerprint density at radius 1 is 1.13 bits per heavy atom. The van der Waals surface area contributed by atoms with Crippen molar-refractivity contribution in [1.82, 2.24) is 4.90 Å². The molecule has 1 fully saturated rings. The highest BCUT2D eigenvalue weighted by Crippen LogP contribution is 2.35. The highest BCUT2D eigenvalue weighted by atomic mass is 79.9. The van der Waals surface area contributed by atoms with Gasteiger partial charge >= 0.3 is 0 Å². The third-order valence-corrected chi connectivity index (χ3v) is 6.21. The maximum absolute atomic E-state index is 12.7. The topological polar surface area (TPSA) is 93.7 Å². The van der Waals surface area contributed by atoms with Crippen molar-refractivity contribution < 1.29 is 18.9 Å². The number of halogens is 2. The van der Waals surface area contributed by atoms with E-state index in [4.69, 9.17) is 16.0 Å². The van der Waals surface area contributed by atoms with Gasteiger partial charge in [-0.1, -0.05) is 39.7 Å². The van der Waals surface area contributed by atoms with Crippen LogP contribution < -0.4 is 0 Å². The number of furan rings is 1. The average Bonchev–Trinajstić information content (AvgIpc) is 3.30. The molecular weight excluding hydrogens is 508 g/mol. The van der Waals surface area contributed by atoms with Gasteiger partial charge in [-0.3, -0.25) is 24.6 Å². The van der Waals surface area contributed by atoms with Crippen LogP contribution >= 0.6 is 39.3 Å². The van der Waals surface area contributed by atoms with Gasteiger partial charge in [-0.25, -0.2) is 0 Å². The van der Waals surface area contributed by atoms with Crippen LogP contribution in [0.4, 0.5) is 10.5 Å². The van der Waals surface area contributed by atoms with E-state index in [1.807, 2.05) is 24.3 Å². The van der Waals surface area contributed by atoms with Crippen molar-refractivity contribution in [2.75, 3.05) is 0 Å². The summed E-state index contributed by atoms with van der Waals surface area (Å²) >= 11 is 10.0. The van der Waals surface area contributed by atoms with E-state index in [1.165, 1.54) is 23.1 Å². The van der Waals surface area contributed by atoms with Crippen molar-refractivity contribution >= 4 is 62.2 Å². The Hall–Kier alpha value is -2.88. The zero-order valence-electron chi connectivity index (χ0n) is 15.6. The molecule has 0 radical (unpaired) electrons. The highest BCUT2D eigenvalue weighted by Gasteiger charge is 2.35. The average molecular weight is 520 g/mol. The summed E-state index contributed by atoms with van der Waals surface area (Å²) in [6, 6.07) is 14.9. The summed E-state index contributed by atoms with van der Waals surface area (Å²) in [5.41, 5.74) is 1.07. The molecule has 1 saturated heterocycles. The van der Waals surface area contributed by atoms with Crippen LogP contribution in [0.3, 0.4) is 0 Å². The first kappa shape index (κ1) is 21.4. The Morgan fingerprint density at radius 2 is 1.87 bits per heavy atom. The second kappa shape index (κ2) is 8.70. The van der Waals surface area contributed by atoms with E-state index in [1.54, 1.807) is 18.2 Å². The Kier molecular flexibility index (Phi) is 5.99. The number of thioether (sulfide) groups is 1. The second-order valence-electron chi connectivity index (χ2n) is 6.52. The molecule has 2 heterocycles. The fourth-order valence-electron chi connectivity index (χ4n) is 2.93. The van der Waals surface area contributed by atoms with Gasteiger partial charge in [-0.15, -0.1) is 0 Å². The van der Waals surface area contributed by atoms with Crippen LogP contribution in [-0.4, -0.2) is 21.0 Å². The number of benzene rings is 2. The van der Waals surface area contributed by atoms with Gasteiger partial charge in [-0.05, 0) is 53.7 Å². The number of nitrogens with zero attached hydrogens (tertiary/aromatic N) is 2. The molecule has 7 nitrogen and oxygen atoms in total. The fraction of sp³-hybridized carbons (Fsp3) is 0.0476. The molecule has 31 heavy (non-hydrogen) atoms. The lowest BCUT2D eigenvalue weighted by molar-refractivity contribution is -0.384. The van der Waals surface area contributed by atoms with Crippen molar-refractivity contribution in [2.45, 2.75) is 6.54 Å². The zero-order chi connectivity index (χ0) is 22.1. The zero-order valence-corrected chi connectivity index (χ0v) is 18.7. The van der Waals surface area contributed by atoms with Crippen LogP contribution in [0.15, 0.2) is 68.4 Å². The van der Waals surface area contributed by atoms with Gasteiger partial charge in [0.1, 0.15) is 16.5 Å². The lowest BCUT2D eigenvalue weighted by Crippen LogP contribution is -2.27. The van der Waals surface area contributed by atoms with Crippen LogP contribution in [-0.2, 0) is 11.3 Å². The fourth-order valence-corrected chi connectivity index (χ4v) is 4.20. The van der Waals surface area contributed by atoms with Gasteiger partial charge < -0.3 is 4.42 Å². The van der Waals surface area contributed by atoms with Crippen LogP contribution in [0.1, 0.15) is 11.3 Å². The van der Waals surface area contributed by atoms with Crippen molar-refractivity contribution in [1.29, 1.82) is 0 Å². The lowest BCUT2D eigenvalue weighted by Gasteiger charge is -2.12. The third kappa shape index (κ3) is 4.58. The molecule has 3 aromatic rings. The minimum absolute atomic E-state index is 0.0278. The molecule has 0 spiro atoms. The Morgan fingerprint density at radius 3 is 2.58 bits per heavy atom. The van der Waals surface area contributed by atoms with Gasteiger partial charge in [0.15, 0.2) is 0 Å². The smallest absolute Gasteiger partial charge is 0.293 e. The number of amides is 2. The highest BCUT2D eigenvalue weighted by molar-refractivity contribution is 9.10. The molecule has 0 atom stereocenters. The van der Waals surface area contributed by atoms with Crippen LogP contribution in [0, 0.1) is 10.1 Å². The Balaban J connectivity index is 1.55. The molecule has 156 valence electrons. The molecule has 0 bridgehead atoms. The third-order valence-electron chi connectivity index (χ3n) is 4.46. The number of carbonyl (C=O) groups is 2. The van der Waals surface area contributed by atoms with Gasteiger partial charge in [0.05, 0.1) is 16.4 Å². The summed E-state index contributed by atoms with van der Waals surface area (Å²) in [6.07, 6.45) is 1.49. The number of hydrogen-bond donors (Lipinski definition) is 0. The molecule has 4 rings (SSSR count). The maximum atomic E-state index is 12.7. The maximum Gasteiger partial charge on any atom is 0.293 e.